The minimum Gasteiger partial charge on any atom is -0.398 e. The van der Waals surface area contributed by atoms with Gasteiger partial charge < -0.3 is 11.5 Å². The fraction of sp³-hybridized carbons (Fsp3) is 0.250. The van der Waals surface area contributed by atoms with Gasteiger partial charge in [-0.2, -0.15) is 5.10 Å². The van der Waals surface area contributed by atoms with Crippen LogP contribution in [0.4, 0.5) is 5.69 Å². The number of carbonyl (C=O) groups excluding carboxylic acids is 2. The van der Waals surface area contributed by atoms with Gasteiger partial charge in [-0.15, -0.1) is 0 Å². The molecular formula is C20H22N4O2. The van der Waals surface area contributed by atoms with E-state index in [9.17, 15) is 9.59 Å². The maximum Gasteiger partial charge on any atom is 0.240 e. The van der Waals surface area contributed by atoms with E-state index in [1.54, 1.807) is 18.2 Å². The molecule has 0 spiro atoms. The van der Waals surface area contributed by atoms with E-state index in [-0.39, 0.29) is 17.6 Å². The van der Waals surface area contributed by atoms with Gasteiger partial charge in [0, 0.05) is 29.2 Å². The molecule has 3 rings (SSSR count). The van der Waals surface area contributed by atoms with Crippen molar-refractivity contribution in [1.29, 1.82) is 0 Å². The van der Waals surface area contributed by atoms with Crippen LogP contribution in [0, 0.1) is 5.92 Å². The Kier molecular flexibility index (Phi) is 5.14. The number of nitrogens with one attached hydrogen (secondary N) is 1. The molecule has 26 heavy (non-hydrogen) atoms. The number of hydrogen-bond donors (Lipinski definition) is 3. The molecule has 1 heterocycles. The lowest BCUT2D eigenvalue weighted by Crippen LogP contribution is -2.33. The van der Waals surface area contributed by atoms with Gasteiger partial charge in [0.1, 0.15) is 0 Å². The zero-order valence-corrected chi connectivity index (χ0v) is 14.6. The molecule has 6 heteroatoms. The maximum absolute atomic E-state index is 12.6. The first-order valence-corrected chi connectivity index (χ1v) is 8.55. The van der Waals surface area contributed by atoms with Crippen LogP contribution < -0.4 is 16.9 Å². The van der Waals surface area contributed by atoms with Gasteiger partial charge in [-0.25, -0.2) is 5.43 Å². The van der Waals surface area contributed by atoms with Gasteiger partial charge in [0.05, 0.1) is 11.8 Å². The Bertz CT molecular complexity index is 861. The van der Waals surface area contributed by atoms with Crippen LogP contribution in [0.3, 0.4) is 0 Å². The highest BCUT2D eigenvalue weighted by atomic mass is 16.2. The van der Waals surface area contributed by atoms with E-state index >= 15 is 0 Å². The van der Waals surface area contributed by atoms with Crippen LogP contribution in [0.15, 0.2) is 53.6 Å². The number of nitrogen functional groups attached to an aromatic ring is 1. The van der Waals surface area contributed by atoms with Crippen LogP contribution in [0.5, 0.6) is 0 Å². The number of rotatable bonds is 5. The number of nitrogens with two attached hydrogens (primary N) is 2. The zero-order chi connectivity index (χ0) is 18.7. The highest BCUT2D eigenvalue weighted by molar-refractivity contribution is 6.10. The fourth-order valence-corrected chi connectivity index (χ4v) is 3.10. The van der Waals surface area contributed by atoms with E-state index in [1.807, 2.05) is 37.3 Å². The van der Waals surface area contributed by atoms with E-state index in [0.29, 0.717) is 24.1 Å². The zero-order valence-electron chi connectivity index (χ0n) is 14.6. The number of amides is 1. The summed E-state index contributed by atoms with van der Waals surface area (Å²) in [6, 6.07) is 14.1. The molecule has 2 atom stereocenters. The van der Waals surface area contributed by atoms with Crippen molar-refractivity contribution in [3.05, 3.63) is 65.2 Å². The van der Waals surface area contributed by atoms with E-state index in [2.05, 4.69) is 10.5 Å². The molecule has 1 aliphatic rings. The monoisotopic (exact) mass is 350 g/mol. The lowest BCUT2D eigenvalue weighted by Gasteiger charge is -2.20. The average molecular weight is 350 g/mol. The number of anilines is 1. The van der Waals surface area contributed by atoms with Gasteiger partial charge in [0.15, 0.2) is 5.78 Å². The molecule has 1 unspecified atom stereocenters. The Balaban J connectivity index is 1.78. The lowest BCUT2D eigenvalue weighted by molar-refractivity contribution is -0.121. The predicted molar refractivity (Wildman–Crippen MR) is 102 cm³/mol. The molecule has 0 fully saturated rings. The maximum atomic E-state index is 12.6. The number of hydrazone groups is 1. The van der Waals surface area contributed by atoms with E-state index in [4.69, 9.17) is 11.5 Å². The summed E-state index contributed by atoms with van der Waals surface area (Å²) in [6.45, 7) is 1.92. The molecule has 2 aromatic rings. The number of benzene rings is 2. The minimum absolute atomic E-state index is 0.0343. The summed E-state index contributed by atoms with van der Waals surface area (Å²) in [7, 11) is 0. The van der Waals surface area contributed by atoms with Gasteiger partial charge in [0.25, 0.3) is 0 Å². The summed E-state index contributed by atoms with van der Waals surface area (Å²) >= 11 is 0. The highest BCUT2D eigenvalue weighted by Gasteiger charge is 2.24. The van der Waals surface area contributed by atoms with Gasteiger partial charge in [-0.05, 0) is 18.1 Å². The number of carbonyl (C=O) groups is 2. The summed E-state index contributed by atoms with van der Waals surface area (Å²) in [5.41, 5.74) is 18.1. The van der Waals surface area contributed by atoms with Gasteiger partial charge in [-0.1, -0.05) is 49.4 Å². The average Bonchev–Trinajstić information content (AvgIpc) is 2.62. The summed E-state index contributed by atoms with van der Waals surface area (Å²) in [4.78, 5) is 24.0. The quantitative estimate of drug-likeness (QED) is 0.565. The summed E-state index contributed by atoms with van der Waals surface area (Å²) in [5, 5.41) is 4.12. The van der Waals surface area contributed by atoms with Crippen molar-refractivity contribution in [2.24, 2.45) is 16.8 Å². The second-order valence-corrected chi connectivity index (χ2v) is 6.60. The normalized spacial score (nSPS) is 18.0. The van der Waals surface area contributed by atoms with E-state index in [1.165, 1.54) is 0 Å². The molecule has 1 aliphatic heterocycles. The first-order valence-electron chi connectivity index (χ1n) is 8.55. The van der Waals surface area contributed by atoms with Crippen molar-refractivity contribution in [2.45, 2.75) is 25.8 Å². The van der Waals surface area contributed by atoms with Crippen molar-refractivity contribution >= 4 is 23.1 Å². The van der Waals surface area contributed by atoms with Crippen molar-refractivity contribution in [3.8, 4) is 0 Å². The molecule has 0 bridgehead atoms. The third kappa shape index (κ3) is 3.81. The van der Waals surface area contributed by atoms with Crippen LogP contribution in [0.2, 0.25) is 0 Å². The van der Waals surface area contributed by atoms with Crippen LogP contribution in [0.25, 0.3) is 0 Å². The smallest absolute Gasteiger partial charge is 0.240 e. The predicted octanol–water partition coefficient (Wildman–Crippen LogP) is 1.88. The molecule has 134 valence electrons. The largest absolute Gasteiger partial charge is 0.398 e. The highest BCUT2D eigenvalue weighted by Crippen LogP contribution is 2.23. The van der Waals surface area contributed by atoms with E-state index < -0.39 is 6.04 Å². The summed E-state index contributed by atoms with van der Waals surface area (Å²) < 4.78 is 0. The Morgan fingerprint density at radius 1 is 1.27 bits per heavy atom. The lowest BCUT2D eigenvalue weighted by atomic mass is 9.91. The van der Waals surface area contributed by atoms with Crippen LogP contribution in [-0.4, -0.2) is 23.4 Å². The molecule has 0 aromatic heterocycles. The molecule has 0 saturated carbocycles. The number of nitrogens with zero attached hydrogens (tertiary/aromatic N) is 1. The van der Waals surface area contributed by atoms with Crippen LogP contribution in [0.1, 0.15) is 34.8 Å². The standard InChI is InChI=1S/C20H22N4O2/c1-12-9-18(25)23-24-19(12)15-8-7-14(11-16(15)21)20(26)17(22)10-13-5-3-2-4-6-13/h2-8,11-12,17H,9-10,21-22H2,1H3,(H,23,25)/t12?,17-/m1/s1. The van der Waals surface area contributed by atoms with Crippen molar-refractivity contribution < 1.29 is 9.59 Å². The van der Waals surface area contributed by atoms with Crippen LogP contribution >= 0.6 is 0 Å². The molecular weight excluding hydrogens is 328 g/mol. The molecule has 6 nitrogen and oxygen atoms in total. The molecule has 0 radical (unpaired) electrons. The first kappa shape index (κ1) is 17.8. The van der Waals surface area contributed by atoms with Crippen molar-refractivity contribution in [3.63, 3.8) is 0 Å². The molecule has 1 amide bonds. The molecule has 2 aromatic carbocycles. The Hall–Kier alpha value is -2.99. The second kappa shape index (κ2) is 7.49. The molecule has 5 N–H and O–H groups in total. The Morgan fingerprint density at radius 3 is 2.65 bits per heavy atom. The third-order valence-corrected chi connectivity index (χ3v) is 4.51. The SMILES string of the molecule is CC1CC(=O)NN=C1c1ccc(C(=O)[C@H](N)Cc2ccccc2)cc1N. The molecule has 0 saturated heterocycles. The first-order chi connectivity index (χ1) is 12.5. The van der Waals surface area contributed by atoms with Crippen molar-refractivity contribution in [1.82, 2.24) is 5.43 Å². The summed E-state index contributed by atoms with van der Waals surface area (Å²) in [6.07, 6.45) is 0.831. The van der Waals surface area contributed by atoms with Gasteiger partial charge >= 0.3 is 0 Å². The third-order valence-electron chi connectivity index (χ3n) is 4.51. The number of hydrogen-bond acceptors (Lipinski definition) is 5. The van der Waals surface area contributed by atoms with Gasteiger partial charge in [-0.3, -0.25) is 9.59 Å². The molecule has 0 aliphatic carbocycles. The topological polar surface area (TPSA) is 111 Å². The van der Waals surface area contributed by atoms with Crippen molar-refractivity contribution in [2.75, 3.05) is 5.73 Å². The fourth-order valence-electron chi connectivity index (χ4n) is 3.10. The second-order valence-electron chi connectivity index (χ2n) is 6.60. The Labute approximate surface area is 152 Å². The minimum atomic E-state index is -0.632. The van der Waals surface area contributed by atoms with Crippen LogP contribution in [-0.2, 0) is 11.2 Å². The van der Waals surface area contributed by atoms with Gasteiger partial charge in [0.2, 0.25) is 5.91 Å². The number of ketones is 1. The number of Topliss-reactive ketones (excluding diaryl/α,β-unsaturated/α-hetero) is 1. The Morgan fingerprint density at radius 2 is 2.00 bits per heavy atom. The van der Waals surface area contributed by atoms with E-state index in [0.717, 1.165) is 16.8 Å². The summed E-state index contributed by atoms with van der Waals surface area (Å²) in [5.74, 6) is -0.300.